The number of halogens is 3. The van der Waals surface area contributed by atoms with E-state index in [0.29, 0.717) is 0 Å². The van der Waals surface area contributed by atoms with Crippen molar-refractivity contribution in [3.8, 4) is 6.19 Å². The number of amides is 1. The van der Waals surface area contributed by atoms with Crippen molar-refractivity contribution in [1.29, 1.82) is 5.26 Å². The van der Waals surface area contributed by atoms with E-state index in [1.54, 1.807) is 19.9 Å². The third kappa shape index (κ3) is 4.34. The summed E-state index contributed by atoms with van der Waals surface area (Å²) in [4.78, 5) is 19.8. The molecule has 0 bridgehead atoms. The molecule has 0 atom stereocenters. The lowest BCUT2D eigenvalue weighted by Gasteiger charge is -1.97. The molecular weight excluding hydrogens is 267 g/mol. The summed E-state index contributed by atoms with van der Waals surface area (Å²) in [5.74, 6) is -3.32. The van der Waals surface area contributed by atoms with Crippen LogP contribution in [-0.4, -0.2) is 27.7 Å². The first-order chi connectivity index (χ1) is 8.52. The van der Waals surface area contributed by atoms with Gasteiger partial charge in [0.15, 0.2) is 6.19 Å². The van der Waals surface area contributed by atoms with Crippen molar-refractivity contribution in [3.05, 3.63) is 23.0 Å². The first-order valence-electron chi connectivity index (χ1n) is 4.71. The number of carbonyl (C=O) groups excluding carboxylic acids is 1. The van der Waals surface area contributed by atoms with Gasteiger partial charge in [0.1, 0.15) is 5.69 Å². The minimum atomic E-state index is -5.08. The van der Waals surface area contributed by atoms with Crippen LogP contribution < -0.4 is 5.73 Å². The van der Waals surface area contributed by atoms with Gasteiger partial charge in [-0.2, -0.15) is 18.4 Å². The van der Waals surface area contributed by atoms with Crippen molar-refractivity contribution in [3.63, 3.8) is 0 Å². The number of aliphatic carboxylic acids is 1. The largest absolute Gasteiger partial charge is 0.490 e. The van der Waals surface area contributed by atoms with Gasteiger partial charge in [-0.15, -0.1) is 0 Å². The van der Waals surface area contributed by atoms with Gasteiger partial charge in [0.25, 0.3) is 5.91 Å². The maximum Gasteiger partial charge on any atom is 0.490 e. The molecule has 19 heavy (non-hydrogen) atoms. The average molecular weight is 277 g/mol. The smallest absolute Gasteiger partial charge is 0.475 e. The van der Waals surface area contributed by atoms with Gasteiger partial charge in [0, 0.05) is 5.69 Å². The number of aromatic nitrogens is 1. The number of nitrogens with two attached hydrogens (primary N) is 1. The Morgan fingerprint density at radius 1 is 1.42 bits per heavy atom. The van der Waals surface area contributed by atoms with Gasteiger partial charge >= 0.3 is 12.1 Å². The Kier molecular flexibility index (Phi) is 5.12. The first-order valence-corrected chi connectivity index (χ1v) is 4.71. The Morgan fingerprint density at radius 2 is 1.84 bits per heavy atom. The van der Waals surface area contributed by atoms with E-state index in [1.807, 2.05) is 6.19 Å². The first kappa shape index (κ1) is 16.5. The Bertz CT molecular complexity index is 541. The van der Waals surface area contributed by atoms with Crippen molar-refractivity contribution in [2.75, 3.05) is 0 Å². The summed E-state index contributed by atoms with van der Waals surface area (Å²) in [7, 11) is 0. The van der Waals surface area contributed by atoms with E-state index in [4.69, 9.17) is 20.9 Å². The second-order valence-electron chi connectivity index (χ2n) is 3.42. The molecule has 1 aromatic heterocycles. The molecule has 0 saturated heterocycles. The lowest BCUT2D eigenvalue weighted by Crippen LogP contribution is -2.21. The fraction of sp³-hybridized carbons (Fsp3) is 0.300. The molecule has 0 aliphatic heterocycles. The number of alkyl halides is 3. The molecule has 9 heteroatoms. The second-order valence-corrected chi connectivity index (χ2v) is 3.42. The fourth-order valence-corrected chi connectivity index (χ4v) is 1.23. The molecule has 1 heterocycles. The zero-order chi connectivity index (χ0) is 15.4. The molecule has 0 saturated carbocycles. The highest BCUT2D eigenvalue weighted by Crippen LogP contribution is 2.13. The van der Waals surface area contributed by atoms with Crippen LogP contribution in [0.15, 0.2) is 6.07 Å². The van der Waals surface area contributed by atoms with Crippen LogP contribution in [0, 0.1) is 25.3 Å². The quantitative estimate of drug-likeness (QED) is 0.802. The Hall–Kier alpha value is -2.50. The highest BCUT2D eigenvalue weighted by Gasteiger charge is 2.38. The molecule has 0 spiro atoms. The van der Waals surface area contributed by atoms with Crippen molar-refractivity contribution in [1.82, 2.24) is 4.57 Å². The molecule has 1 amide bonds. The Balaban J connectivity index is 0.000000399. The molecular formula is C10H10F3N3O3. The maximum atomic E-state index is 10.9. The van der Waals surface area contributed by atoms with E-state index in [-0.39, 0.29) is 5.69 Å². The molecule has 1 rings (SSSR count). The Labute approximate surface area is 105 Å². The van der Waals surface area contributed by atoms with Crippen LogP contribution in [0.1, 0.15) is 21.7 Å². The highest BCUT2D eigenvalue weighted by atomic mass is 19.4. The number of rotatable bonds is 1. The molecule has 0 aliphatic rings. The van der Waals surface area contributed by atoms with E-state index in [1.165, 1.54) is 4.57 Å². The summed E-state index contributed by atoms with van der Waals surface area (Å²) in [6.07, 6.45) is -3.20. The standard InChI is InChI=1S/C8H9N3O.C2HF3O2/c1-5-3-6(2)11(4-9)7(5)8(10)12;3-2(4,5)1(6)7/h3H,1-2H3,(H2,10,12);(H,6,7). The average Bonchev–Trinajstić information content (AvgIpc) is 2.52. The zero-order valence-corrected chi connectivity index (χ0v) is 9.95. The van der Waals surface area contributed by atoms with Gasteiger partial charge in [0.2, 0.25) is 0 Å². The number of nitriles is 1. The van der Waals surface area contributed by atoms with Crippen LogP contribution in [0.25, 0.3) is 0 Å². The number of hydrogen-bond donors (Lipinski definition) is 2. The highest BCUT2D eigenvalue weighted by molar-refractivity contribution is 5.93. The van der Waals surface area contributed by atoms with E-state index in [9.17, 15) is 18.0 Å². The minimum absolute atomic E-state index is 0.273. The van der Waals surface area contributed by atoms with Gasteiger partial charge in [0.05, 0.1) is 0 Å². The normalized spacial score (nSPS) is 10.1. The van der Waals surface area contributed by atoms with Crippen LogP contribution in [0.3, 0.4) is 0 Å². The lowest BCUT2D eigenvalue weighted by molar-refractivity contribution is -0.192. The number of nitrogens with zero attached hydrogens (tertiary/aromatic N) is 2. The number of carboxylic acids is 1. The molecule has 104 valence electrons. The van der Waals surface area contributed by atoms with Crippen LogP contribution in [0.5, 0.6) is 0 Å². The number of primary amides is 1. The molecule has 6 nitrogen and oxygen atoms in total. The third-order valence-electron chi connectivity index (χ3n) is 1.95. The third-order valence-corrected chi connectivity index (χ3v) is 1.95. The summed E-state index contributed by atoms with van der Waals surface area (Å²) in [6, 6.07) is 1.75. The summed E-state index contributed by atoms with van der Waals surface area (Å²) in [5, 5.41) is 15.8. The SMILES string of the molecule is Cc1cc(C)n(C#N)c1C(N)=O.O=C(O)C(F)(F)F. The molecule has 3 N–H and O–H groups in total. The molecule has 0 unspecified atom stereocenters. The second kappa shape index (κ2) is 5.90. The molecule has 0 fully saturated rings. The van der Waals surface area contributed by atoms with Crippen LogP contribution in [0.2, 0.25) is 0 Å². The van der Waals surface area contributed by atoms with Crippen LogP contribution >= 0.6 is 0 Å². The molecule has 1 aromatic rings. The lowest BCUT2D eigenvalue weighted by atomic mass is 10.2. The van der Waals surface area contributed by atoms with Crippen molar-refractivity contribution >= 4 is 11.9 Å². The van der Waals surface area contributed by atoms with Gasteiger partial charge in [-0.3, -0.25) is 4.79 Å². The van der Waals surface area contributed by atoms with Crippen molar-refractivity contribution < 1.29 is 27.9 Å². The molecule has 0 radical (unpaired) electrons. The summed E-state index contributed by atoms with van der Waals surface area (Å²) < 4.78 is 33.0. The van der Waals surface area contributed by atoms with E-state index in [2.05, 4.69) is 0 Å². The number of hydrogen-bond acceptors (Lipinski definition) is 3. The molecule has 0 aliphatic carbocycles. The summed E-state index contributed by atoms with van der Waals surface area (Å²) in [5.41, 5.74) is 6.83. The predicted octanol–water partition coefficient (Wildman–Crippen LogP) is 1.17. The predicted molar refractivity (Wildman–Crippen MR) is 57.1 cm³/mol. The van der Waals surface area contributed by atoms with E-state index < -0.39 is 18.1 Å². The van der Waals surface area contributed by atoms with Gasteiger partial charge < -0.3 is 10.8 Å². The van der Waals surface area contributed by atoms with Crippen molar-refractivity contribution in [2.45, 2.75) is 20.0 Å². The Morgan fingerprint density at radius 3 is 2.05 bits per heavy atom. The van der Waals surface area contributed by atoms with Gasteiger partial charge in [-0.05, 0) is 25.5 Å². The maximum absolute atomic E-state index is 10.9. The molecule has 0 aromatic carbocycles. The fourth-order valence-electron chi connectivity index (χ4n) is 1.23. The van der Waals surface area contributed by atoms with Gasteiger partial charge in [-0.25, -0.2) is 9.36 Å². The van der Waals surface area contributed by atoms with E-state index >= 15 is 0 Å². The minimum Gasteiger partial charge on any atom is -0.475 e. The monoisotopic (exact) mass is 277 g/mol. The number of aryl methyl sites for hydroxylation is 2. The van der Waals surface area contributed by atoms with Gasteiger partial charge in [-0.1, -0.05) is 0 Å². The van der Waals surface area contributed by atoms with Crippen LogP contribution in [-0.2, 0) is 4.79 Å². The number of carbonyl (C=O) groups is 2. The zero-order valence-electron chi connectivity index (χ0n) is 9.95. The topological polar surface area (TPSA) is 109 Å². The number of carboxylic acid groups (broad SMARTS) is 1. The van der Waals surface area contributed by atoms with Crippen LogP contribution in [0.4, 0.5) is 13.2 Å². The van der Waals surface area contributed by atoms with Crippen molar-refractivity contribution in [2.24, 2.45) is 5.73 Å². The summed E-state index contributed by atoms with van der Waals surface area (Å²) in [6.45, 7) is 3.50. The van der Waals surface area contributed by atoms with E-state index in [0.717, 1.165) is 11.3 Å². The summed E-state index contributed by atoms with van der Waals surface area (Å²) >= 11 is 0.